The lowest BCUT2D eigenvalue weighted by molar-refractivity contribution is -0.132. The Labute approximate surface area is 215 Å². The molecule has 1 aromatic heterocycles. The molecule has 8 heteroatoms. The van der Waals surface area contributed by atoms with Gasteiger partial charge in [0.2, 0.25) is 11.8 Å². The van der Waals surface area contributed by atoms with E-state index in [1.54, 1.807) is 24.3 Å². The van der Waals surface area contributed by atoms with Crippen LogP contribution >= 0.6 is 0 Å². The molecule has 4 rings (SSSR count). The monoisotopic (exact) mass is 500 g/mol. The van der Waals surface area contributed by atoms with Gasteiger partial charge in [0, 0.05) is 43.9 Å². The highest BCUT2D eigenvalue weighted by Gasteiger charge is 2.25. The van der Waals surface area contributed by atoms with E-state index in [4.69, 9.17) is 9.84 Å². The molecule has 0 radical (unpaired) electrons. The van der Waals surface area contributed by atoms with Crippen molar-refractivity contribution in [3.8, 4) is 34.0 Å². The van der Waals surface area contributed by atoms with Crippen LogP contribution in [0.1, 0.15) is 20.8 Å². The summed E-state index contributed by atoms with van der Waals surface area (Å²) in [5, 5.41) is 7.69. The summed E-state index contributed by atoms with van der Waals surface area (Å²) >= 11 is 0. The molecule has 0 saturated carbocycles. The molecule has 1 heterocycles. The molecular weight excluding hydrogens is 471 g/mol. The van der Waals surface area contributed by atoms with E-state index in [0.717, 1.165) is 16.8 Å². The second-order valence-electron chi connectivity index (χ2n) is 9.17. The van der Waals surface area contributed by atoms with Crippen LogP contribution in [0.15, 0.2) is 72.8 Å². The van der Waals surface area contributed by atoms with Gasteiger partial charge in [-0.1, -0.05) is 38.1 Å². The molecule has 190 valence electrons. The molecule has 0 saturated heterocycles. The quantitative estimate of drug-likeness (QED) is 0.318. The van der Waals surface area contributed by atoms with Gasteiger partial charge in [0.05, 0.1) is 11.3 Å². The summed E-state index contributed by atoms with van der Waals surface area (Å²) in [6, 6.07) is 20.9. The van der Waals surface area contributed by atoms with Gasteiger partial charge in [-0.25, -0.2) is 4.39 Å². The van der Waals surface area contributed by atoms with Gasteiger partial charge in [-0.2, -0.15) is 9.78 Å². The van der Waals surface area contributed by atoms with E-state index in [1.165, 1.54) is 23.7 Å². The number of anilines is 2. The first-order valence-electron chi connectivity index (χ1n) is 11.9. The Hall–Kier alpha value is -4.46. The smallest absolute Gasteiger partial charge is 0.309 e. The third-order valence-electron chi connectivity index (χ3n) is 5.78. The molecule has 0 bridgehead atoms. The molecule has 3 aromatic carbocycles. The van der Waals surface area contributed by atoms with Crippen molar-refractivity contribution >= 4 is 23.3 Å². The fourth-order valence-corrected chi connectivity index (χ4v) is 3.78. The van der Waals surface area contributed by atoms with Crippen LogP contribution in [0.2, 0.25) is 0 Å². The molecule has 1 amide bonds. The number of rotatable bonds is 7. The minimum atomic E-state index is -0.514. The molecule has 0 spiro atoms. The predicted molar refractivity (Wildman–Crippen MR) is 143 cm³/mol. The Morgan fingerprint density at radius 1 is 0.919 bits per heavy atom. The number of hydrogen-bond acceptors (Lipinski definition) is 5. The van der Waals surface area contributed by atoms with Crippen molar-refractivity contribution in [2.75, 3.05) is 24.3 Å². The minimum absolute atomic E-state index is 0.0841. The normalized spacial score (nSPS) is 10.9. The minimum Gasteiger partial charge on any atom is -0.407 e. The Bertz CT molecular complexity index is 1410. The number of carbonyl (C=O) groups excluding carboxylic acids is 2. The number of nitrogens with one attached hydrogen (secondary N) is 1. The topological polar surface area (TPSA) is 76.5 Å². The lowest BCUT2D eigenvalue weighted by Gasteiger charge is -2.13. The van der Waals surface area contributed by atoms with Gasteiger partial charge < -0.3 is 15.0 Å². The Balaban J connectivity index is 1.90. The van der Waals surface area contributed by atoms with Crippen LogP contribution < -0.4 is 15.0 Å². The number of nitrogens with zero attached hydrogens (tertiary/aromatic N) is 3. The standard InChI is InChI=1S/C29H29FN4O3/c1-18(2)28(36)31-23-12-6-20(7-13-23)26-27(21-8-14-24(15-9-21)33(4)5)32-34(29(26)37-19(3)35)25-16-10-22(30)11-17-25/h6-18H,1-5H3,(H,31,36). The van der Waals surface area contributed by atoms with Crippen LogP contribution in [0.3, 0.4) is 0 Å². The summed E-state index contributed by atoms with van der Waals surface area (Å²) in [4.78, 5) is 26.3. The van der Waals surface area contributed by atoms with Crippen molar-refractivity contribution in [1.82, 2.24) is 9.78 Å². The fraction of sp³-hybridized carbons (Fsp3) is 0.207. The highest BCUT2D eigenvalue weighted by molar-refractivity contribution is 5.93. The van der Waals surface area contributed by atoms with Gasteiger partial charge >= 0.3 is 5.97 Å². The molecule has 1 N–H and O–H groups in total. The molecule has 0 aliphatic heterocycles. The fourth-order valence-electron chi connectivity index (χ4n) is 3.78. The molecule has 7 nitrogen and oxygen atoms in total. The van der Waals surface area contributed by atoms with E-state index in [1.807, 2.05) is 69.2 Å². The number of hydrogen-bond donors (Lipinski definition) is 1. The van der Waals surface area contributed by atoms with Gasteiger partial charge in [0.25, 0.3) is 0 Å². The first-order valence-corrected chi connectivity index (χ1v) is 11.9. The van der Waals surface area contributed by atoms with Crippen LogP contribution in [0, 0.1) is 11.7 Å². The molecule has 0 fully saturated rings. The van der Waals surface area contributed by atoms with Crippen LogP contribution in [-0.2, 0) is 9.59 Å². The maximum Gasteiger partial charge on any atom is 0.309 e. The van der Waals surface area contributed by atoms with Gasteiger partial charge in [-0.05, 0) is 54.1 Å². The van der Waals surface area contributed by atoms with Crippen molar-refractivity contribution in [2.24, 2.45) is 5.92 Å². The van der Waals surface area contributed by atoms with E-state index in [0.29, 0.717) is 22.6 Å². The molecule has 0 unspecified atom stereocenters. The summed E-state index contributed by atoms with van der Waals surface area (Å²) in [6.07, 6.45) is 0. The summed E-state index contributed by atoms with van der Waals surface area (Å²) in [6.45, 7) is 4.97. The molecule has 0 aliphatic rings. The van der Waals surface area contributed by atoms with Gasteiger partial charge in [0.15, 0.2) is 0 Å². The van der Waals surface area contributed by atoms with E-state index in [9.17, 15) is 14.0 Å². The Kier molecular flexibility index (Phi) is 7.38. The third kappa shape index (κ3) is 5.69. The number of carbonyl (C=O) groups is 2. The van der Waals surface area contributed by atoms with E-state index in [2.05, 4.69) is 5.32 Å². The number of aromatic nitrogens is 2. The van der Waals surface area contributed by atoms with Gasteiger partial charge in [-0.3, -0.25) is 9.59 Å². The largest absolute Gasteiger partial charge is 0.407 e. The lowest BCUT2D eigenvalue weighted by Crippen LogP contribution is -2.17. The summed E-state index contributed by atoms with van der Waals surface area (Å²) in [5.74, 6) is -0.923. The average molecular weight is 501 g/mol. The molecule has 0 aliphatic carbocycles. The maximum atomic E-state index is 13.7. The van der Waals surface area contributed by atoms with Crippen molar-refractivity contribution in [1.29, 1.82) is 0 Å². The average Bonchev–Trinajstić information content (AvgIpc) is 3.23. The van der Waals surface area contributed by atoms with E-state index in [-0.39, 0.29) is 23.5 Å². The summed E-state index contributed by atoms with van der Waals surface area (Å²) < 4.78 is 20.9. The highest BCUT2D eigenvalue weighted by atomic mass is 19.1. The van der Waals surface area contributed by atoms with Crippen molar-refractivity contribution in [3.05, 3.63) is 78.6 Å². The zero-order valence-corrected chi connectivity index (χ0v) is 21.4. The molecule has 37 heavy (non-hydrogen) atoms. The van der Waals surface area contributed by atoms with Crippen LogP contribution in [0.5, 0.6) is 5.88 Å². The number of amides is 1. The van der Waals surface area contributed by atoms with Crippen molar-refractivity contribution in [2.45, 2.75) is 20.8 Å². The Morgan fingerprint density at radius 3 is 2.05 bits per heavy atom. The van der Waals surface area contributed by atoms with E-state index >= 15 is 0 Å². The van der Waals surface area contributed by atoms with Crippen LogP contribution in [-0.4, -0.2) is 35.8 Å². The highest BCUT2D eigenvalue weighted by Crippen LogP contribution is 2.41. The second-order valence-corrected chi connectivity index (χ2v) is 9.17. The van der Waals surface area contributed by atoms with Crippen LogP contribution in [0.4, 0.5) is 15.8 Å². The molecule has 0 atom stereocenters. The third-order valence-corrected chi connectivity index (χ3v) is 5.78. The van der Waals surface area contributed by atoms with E-state index < -0.39 is 5.97 Å². The van der Waals surface area contributed by atoms with Crippen molar-refractivity contribution in [3.63, 3.8) is 0 Å². The SMILES string of the molecule is CC(=O)Oc1c(-c2ccc(NC(=O)C(C)C)cc2)c(-c2ccc(N(C)C)cc2)nn1-c1ccc(F)cc1. The first-order chi connectivity index (χ1) is 17.6. The molecule has 4 aromatic rings. The predicted octanol–water partition coefficient (Wildman–Crippen LogP) is 5.93. The second kappa shape index (κ2) is 10.7. The summed E-state index contributed by atoms with van der Waals surface area (Å²) in [7, 11) is 3.92. The van der Waals surface area contributed by atoms with Gasteiger partial charge in [-0.15, -0.1) is 0 Å². The zero-order chi connectivity index (χ0) is 26.7. The van der Waals surface area contributed by atoms with Crippen LogP contribution in [0.25, 0.3) is 28.1 Å². The number of benzene rings is 3. The number of esters is 1. The zero-order valence-electron chi connectivity index (χ0n) is 21.4. The van der Waals surface area contributed by atoms with Crippen molar-refractivity contribution < 1.29 is 18.7 Å². The number of halogens is 1. The summed E-state index contributed by atoms with van der Waals surface area (Å²) in [5.41, 5.74) is 4.94. The Morgan fingerprint density at radius 2 is 1.51 bits per heavy atom. The van der Waals surface area contributed by atoms with Gasteiger partial charge in [0.1, 0.15) is 11.5 Å². The maximum absolute atomic E-state index is 13.7. The molecular formula is C29H29FN4O3. The first kappa shape index (κ1) is 25.6. The number of ether oxygens (including phenoxy) is 1. The lowest BCUT2D eigenvalue weighted by atomic mass is 10.0.